The molecule has 0 fully saturated rings. The van der Waals surface area contributed by atoms with E-state index in [1.165, 1.54) is 25.5 Å². The van der Waals surface area contributed by atoms with Crippen molar-refractivity contribution in [1.82, 2.24) is 4.72 Å². The summed E-state index contributed by atoms with van der Waals surface area (Å²) in [5, 5.41) is 9.05. The van der Waals surface area contributed by atoms with Gasteiger partial charge in [0.2, 0.25) is 10.0 Å². The molecule has 0 radical (unpaired) electrons. The molecule has 0 amide bonds. The number of aliphatic hydroxyl groups excluding tert-OH is 1. The number of halogens is 1. The third-order valence-corrected chi connectivity index (χ3v) is 4.21. The quantitative estimate of drug-likeness (QED) is 0.880. The average Bonchev–Trinajstić information content (AvgIpc) is 2.92. The Kier molecular flexibility index (Phi) is 4.22. The van der Waals surface area contributed by atoms with Gasteiger partial charge >= 0.3 is 0 Å². The summed E-state index contributed by atoms with van der Waals surface area (Å²) >= 11 is 0. The van der Waals surface area contributed by atoms with Crippen molar-refractivity contribution in [2.45, 2.75) is 25.0 Å². The van der Waals surface area contributed by atoms with Crippen LogP contribution in [0.3, 0.4) is 0 Å². The van der Waals surface area contributed by atoms with E-state index in [0.717, 1.165) is 6.07 Å². The normalized spacial score (nSPS) is 11.8. The van der Waals surface area contributed by atoms with Gasteiger partial charge in [0, 0.05) is 17.7 Å². The van der Waals surface area contributed by atoms with Crippen LogP contribution in [0.15, 0.2) is 40.0 Å². The van der Waals surface area contributed by atoms with Crippen molar-refractivity contribution in [2.24, 2.45) is 0 Å². The predicted molar refractivity (Wildman–Crippen MR) is 69.8 cm³/mol. The van der Waals surface area contributed by atoms with E-state index in [1.807, 2.05) is 0 Å². The smallest absolute Gasteiger partial charge is 0.240 e. The summed E-state index contributed by atoms with van der Waals surface area (Å²) in [6.07, 6.45) is 2.87. The van der Waals surface area contributed by atoms with Crippen LogP contribution in [0.4, 0.5) is 4.39 Å². The van der Waals surface area contributed by atoms with Gasteiger partial charge in [0.15, 0.2) is 0 Å². The topological polar surface area (TPSA) is 79.5 Å². The summed E-state index contributed by atoms with van der Waals surface area (Å²) in [5.74, 6) is -0.596. The molecule has 0 unspecified atom stereocenters. The Bertz CT molecular complexity index is 695. The van der Waals surface area contributed by atoms with Crippen molar-refractivity contribution in [1.29, 1.82) is 0 Å². The lowest BCUT2D eigenvalue weighted by atomic mass is 10.1. The van der Waals surface area contributed by atoms with Crippen LogP contribution in [0.2, 0.25) is 0 Å². The lowest BCUT2D eigenvalue weighted by Gasteiger charge is -2.09. The maximum absolute atomic E-state index is 13.6. The zero-order valence-electron chi connectivity index (χ0n) is 10.8. The first-order chi connectivity index (χ1) is 9.44. The van der Waals surface area contributed by atoms with Crippen molar-refractivity contribution in [3.8, 4) is 0 Å². The summed E-state index contributed by atoms with van der Waals surface area (Å²) in [5.41, 5.74) is 0.795. The first-order valence-electron chi connectivity index (χ1n) is 5.84. The molecule has 1 heterocycles. The van der Waals surface area contributed by atoms with E-state index in [2.05, 4.69) is 4.72 Å². The van der Waals surface area contributed by atoms with E-state index in [1.54, 1.807) is 6.07 Å². The Morgan fingerprint density at radius 1 is 1.40 bits per heavy atom. The lowest BCUT2D eigenvalue weighted by Crippen LogP contribution is -2.23. The third kappa shape index (κ3) is 3.06. The zero-order valence-corrected chi connectivity index (χ0v) is 11.6. The maximum atomic E-state index is 13.6. The molecule has 108 valence electrons. The number of aryl methyl sites for hydroxylation is 1. The van der Waals surface area contributed by atoms with Gasteiger partial charge in [-0.15, -0.1) is 0 Å². The molecule has 0 spiro atoms. The van der Waals surface area contributed by atoms with Gasteiger partial charge in [-0.2, -0.15) is 0 Å². The molecule has 0 bridgehead atoms. The van der Waals surface area contributed by atoms with E-state index in [0.29, 0.717) is 5.56 Å². The first-order valence-corrected chi connectivity index (χ1v) is 7.33. The molecule has 20 heavy (non-hydrogen) atoms. The molecule has 0 aliphatic heterocycles. The van der Waals surface area contributed by atoms with Crippen LogP contribution in [0.1, 0.15) is 16.7 Å². The molecular weight excluding hydrogens is 285 g/mol. The largest absolute Gasteiger partial charge is 0.472 e. The van der Waals surface area contributed by atoms with Gasteiger partial charge in [-0.3, -0.25) is 0 Å². The zero-order chi connectivity index (χ0) is 14.8. The second kappa shape index (κ2) is 5.74. The molecule has 0 atom stereocenters. The summed E-state index contributed by atoms with van der Waals surface area (Å²) in [6.45, 7) is 0.963. The number of hydrogen-bond acceptors (Lipinski definition) is 4. The van der Waals surface area contributed by atoms with Gasteiger partial charge in [-0.05, 0) is 30.7 Å². The number of hydrogen-bond donors (Lipinski definition) is 2. The Balaban J connectivity index is 2.27. The fourth-order valence-electron chi connectivity index (χ4n) is 1.73. The Labute approximate surface area is 116 Å². The van der Waals surface area contributed by atoms with Crippen molar-refractivity contribution < 1.29 is 22.3 Å². The minimum Gasteiger partial charge on any atom is -0.472 e. The summed E-state index contributed by atoms with van der Waals surface area (Å²) in [7, 11) is -3.78. The van der Waals surface area contributed by atoms with Crippen molar-refractivity contribution in [3.05, 3.63) is 53.2 Å². The van der Waals surface area contributed by atoms with Gasteiger partial charge < -0.3 is 9.52 Å². The van der Waals surface area contributed by atoms with E-state index >= 15 is 0 Å². The number of benzene rings is 1. The molecule has 0 aliphatic rings. The number of aliphatic hydroxyl groups is 1. The van der Waals surface area contributed by atoms with E-state index in [4.69, 9.17) is 9.52 Å². The van der Waals surface area contributed by atoms with Crippen LogP contribution in [-0.4, -0.2) is 13.5 Å². The molecule has 1 aromatic heterocycles. The molecule has 5 nitrogen and oxygen atoms in total. The second-order valence-corrected chi connectivity index (χ2v) is 6.09. The molecule has 2 rings (SSSR count). The monoisotopic (exact) mass is 299 g/mol. The molecular formula is C13H14FNO4S. The fourth-order valence-corrected chi connectivity index (χ4v) is 2.88. The maximum Gasteiger partial charge on any atom is 0.240 e. The van der Waals surface area contributed by atoms with Gasteiger partial charge in [0.25, 0.3) is 0 Å². The van der Waals surface area contributed by atoms with Crippen LogP contribution < -0.4 is 4.72 Å². The summed E-state index contributed by atoms with van der Waals surface area (Å²) < 4.78 is 45.0. The Morgan fingerprint density at radius 3 is 2.75 bits per heavy atom. The fraction of sp³-hybridized carbons (Fsp3) is 0.231. The number of furan rings is 1. The lowest BCUT2D eigenvalue weighted by molar-refractivity contribution is 0.275. The van der Waals surface area contributed by atoms with E-state index < -0.39 is 22.4 Å². The van der Waals surface area contributed by atoms with E-state index in [-0.39, 0.29) is 22.6 Å². The first kappa shape index (κ1) is 14.7. The van der Waals surface area contributed by atoms with Crippen LogP contribution in [0.5, 0.6) is 0 Å². The van der Waals surface area contributed by atoms with E-state index in [9.17, 15) is 12.8 Å². The molecule has 0 aliphatic carbocycles. The molecule has 1 aromatic carbocycles. The van der Waals surface area contributed by atoms with Crippen LogP contribution in [-0.2, 0) is 23.2 Å². The highest BCUT2D eigenvalue weighted by Crippen LogP contribution is 2.19. The van der Waals surface area contributed by atoms with Gasteiger partial charge in [0.05, 0.1) is 24.0 Å². The van der Waals surface area contributed by atoms with Gasteiger partial charge in [-0.25, -0.2) is 17.5 Å². The highest BCUT2D eigenvalue weighted by molar-refractivity contribution is 7.89. The second-order valence-electron chi connectivity index (χ2n) is 4.33. The van der Waals surface area contributed by atoms with Crippen molar-refractivity contribution in [3.63, 3.8) is 0 Å². The minimum absolute atomic E-state index is 0.0475. The standard InChI is InChI=1S/C13H14FNO4S/c1-9-4-12(5-11(7-16)13(9)14)20(17,18)15-6-10-2-3-19-8-10/h2-5,8,15-16H,6-7H2,1H3. The summed E-state index contributed by atoms with van der Waals surface area (Å²) in [6, 6.07) is 3.99. The number of sulfonamides is 1. The third-order valence-electron chi connectivity index (χ3n) is 2.83. The average molecular weight is 299 g/mol. The van der Waals surface area contributed by atoms with Gasteiger partial charge in [-0.1, -0.05) is 0 Å². The molecule has 2 N–H and O–H groups in total. The minimum atomic E-state index is -3.78. The van der Waals surface area contributed by atoms with Crippen molar-refractivity contribution in [2.75, 3.05) is 0 Å². The number of rotatable bonds is 5. The highest BCUT2D eigenvalue weighted by atomic mass is 32.2. The Morgan fingerprint density at radius 2 is 2.15 bits per heavy atom. The highest BCUT2D eigenvalue weighted by Gasteiger charge is 2.18. The van der Waals surface area contributed by atoms with Crippen molar-refractivity contribution >= 4 is 10.0 Å². The van der Waals surface area contributed by atoms with Crippen LogP contribution in [0.25, 0.3) is 0 Å². The Hall–Kier alpha value is -1.70. The van der Waals surface area contributed by atoms with Gasteiger partial charge in [0.1, 0.15) is 5.82 Å². The SMILES string of the molecule is Cc1cc(S(=O)(=O)NCc2ccoc2)cc(CO)c1F. The molecule has 0 saturated carbocycles. The van der Waals surface area contributed by atoms with Crippen LogP contribution >= 0.6 is 0 Å². The van der Waals surface area contributed by atoms with Crippen LogP contribution in [0, 0.1) is 12.7 Å². The predicted octanol–water partition coefficient (Wildman–Crippen LogP) is 1.70. The molecule has 0 saturated heterocycles. The summed E-state index contributed by atoms with van der Waals surface area (Å²) in [4.78, 5) is -0.0797. The number of nitrogens with one attached hydrogen (secondary N) is 1. The molecule has 7 heteroatoms. The molecule has 2 aromatic rings.